The molecule has 1 N–H and O–H groups in total. The number of carboxylic acids is 1. The summed E-state index contributed by atoms with van der Waals surface area (Å²) in [5.41, 5.74) is -0.486. The summed E-state index contributed by atoms with van der Waals surface area (Å²) in [5, 5.41) is 20.1. The SMILES string of the molecule is O=C(O)[C@H]1[C@@H]2C=C[C@]3(CN(c4ccc([N+](=O)[O-])cc4)C(=O)[C@@H]13)O2. The van der Waals surface area contributed by atoms with E-state index in [0.29, 0.717) is 5.69 Å². The van der Waals surface area contributed by atoms with Gasteiger partial charge < -0.3 is 14.7 Å². The fourth-order valence-electron chi connectivity index (χ4n) is 3.75. The van der Waals surface area contributed by atoms with Crippen molar-refractivity contribution in [2.45, 2.75) is 11.7 Å². The van der Waals surface area contributed by atoms with Crippen molar-refractivity contribution in [2.75, 3.05) is 11.4 Å². The molecular weight excluding hydrogens is 304 g/mol. The van der Waals surface area contributed by atoms with Gasteiger partial charge in [0.25, 0.3) is 5.69 Å². The van der Waals surface area contributed by atoms with Gasteiger partial charge in [0.1, 0.15) is 11.5 Å². The minimum Gasteiger partial charge on any atom is -0.481 e. The lowest BCUT2D eigenvalue weighted by molar-refractivity contribution is -0.384. The van der Waals surface area contributed by atoms with E-state index in [1.807, 2.05) is 0 Å². The molecule has 2 fully saturated rings. The van der Waals surface area contributed by atoms with Gasteiger partial charge in [-0.25, -0.2) is 0 Å². The first-order chi connectivity index (χ1) is 10.9. The lowest BCUT2D eigenvalue weighted by atomic mass is 9.77. The first kappa shape index (κ1) is 13.9. The van der Waals surface area contributed by atoms with E-state index in [-0.39, 0.29) is 18.1 Å². The predicted octanol–water partition coefficient (Wildman–Crippen LogP) is 0.966. The smallest absolute Gasteiger partial charge is 0.310 e. The van der Waals surface area contributed by atoms with Gasteiger partial charge in [0.15, 0.2) is 0 Å². The van der Waals surface area contributed by atoms with Crippen molar-refractivity contribution in [3.63, 3.8) is 0 Å². The van der Waals surface area contributed by atoms with Gasteiger partial charge in [0.2, 0.25) is 5.91 Å². The van der Waals surface area contributed by atoms with Gasteiger partial charge in [-0.05, 0) is 12.1 Å². The molecule has 0 unspecified atom stereocenters. The van der Waals surface area contributed by atoms with Gasteiger partial charge in [-0.3, -0.25) is 19.7 Å². The fourth-order valence-corrected chi connectivity index (χ4v) is 3.75. The number of ether oxygens (including phenoxy) is 1. The number of carbonyl (C=O) groups excluding carboxylic acids is 1. The maximum Gasteiger partial charge on any atom is 0.310 e. The van der Waals surface area contributed by atoms with Crippen molar-refractivity contribution >= 4 is 23.3 Å². The number of aliphatic carboxylic acids is 1. The van der Waals surface area contributed by atoms with Crippen molar-refractivity contribution in [3.05, 3.63) is 46.5 Å². The normalized spacial score (nSPS) is 34.0. The van der Waals surface area contributed by atoms with E-state index in [2.05, 4.69) is 0 Å². The van der Waals surface area contributed by atoms with Crippen LogP contribution in [-0.4, -0.2) is 40.2 Å². The van der Waals surface area contributed by atoms with Gasteiger partial charge in [0.05, 0.1) is 23.5 Å². The average molecular weight is 316 g/mol. The highest BCUT2D eigenvalue weighted by Crippen LogP contribution is 2.52. The van der Waals surface area contributed by atoms with Gasteiger partial charge >= 0.3 is 5.97 Å². The van der Waals surface area contributed by atoms with Crippen molar-refractivity contribution in [2.24, 2.45) is 11.8 Å². The largest absolute Gasteiger partial charge is 0.481 e. The first-order valence-electron chi connectivity index (χ1n) is 7.09. The van der Waals surface area contributed by atoms with Crippen LogP contribution in [0.1, 0.15) is 0 Å². The minimum atomic E-state index is -1.05. The van der Waals surface area contributed by atoms with E-state index >= 15 is 0 Å². The van der Waals surface area contributed by atoms with Crippen LogP contribution in [0.3, 0.4) is 0 Å². The molecule has 1 spiro atoms. The molecule has 1 aromatic rings. The number of carboxylic acid groups (broad SMARTS) is 1. The van der Waals surface area contributed by atoms with Crippen molar-refractivity contribution < 1.29 is 24.4 Å². The van der Waals surface area contributed by atoms with Crippen LogP contribution < -0.4 is 4.90 Å². The standard InChI is InChI=1S/C15H12N2O6/c18-13-12-11(14(19)20)10-5-6-15(12,23-10)7-16(13)8-1-3-9(4-2-8)17(21)22/h1-6,10-12H,7H2,(H,19,20)/t10-,11-,12+,15+/m0/s1. The second-order valence-electron chi connectivity index (χ2n) is 5.94. The molecule has 0 saturated carbocycles. The number of carbonyl (C=O) groups is 2. The predicted molar refractivity (Wildman–Crippen MR) is 76.8 cm³/mol. The Morgan fingerprint density at radius 3 is 2.70 bits per heavy atom. The minimum absolute atomic E-state index is 0.0701. The molecule has 3 aliphatic rings. The van der Waals surface area contributed by atoms with Crippen LogP contribution in [0.5, 0.6) is 0 Å². The Morgan fingerprint density at radius 2 is 2.09 bits per heavy atom. The van der Waals surface area contributed by atoms with Crippen LogP contribution >= 0.6 is 0 Å². The second kappa shape index (κ2) is 4.39. The number of hydrogen-bond acceptors (Lipinski definition) is 5. The summed E-state index contributed by atoms with van der Waals surface area (Å²) in [4.78, 5) is 35.8. The van der Waals surface area contributed by atoms with Gasteiger partial charge in [-0.1, -0.05) is 12.2 Å². The van der Waals surface area contributed by atoms with E-state index < -0.39 is 34.4 Å². The number of hydrogen-bond donors (Lipinski definition) is 1. The molecule has 23 heavy (non-hydrogen) atoms. The molecule has 118 valence electrons. The Morgan fingerprint density at radius 1 is 1.39 bits per heavy atom. The third-order valence-electron chi connectivity index (χ3n) is 4.76. The van der Waals surface area contributed by atoms with E-state index in [1.54, 1.807) is 12.2 Å². The summed E-state index contributed by atoms with van der Waals surface area (Å²) in [6.07, 6.45) is 2.90. The number of benzene rings is 1. The molecule has 1 aromatic carbocycles. The Labute approximate surface area is 130 Å². The molecule has 4 atom stereocenters. The van der Waals surface area contributed by atoms with E-state index in [1.165, 1.54) is 29.2 Å². The van der Waals surface area contributed by atoms with Crippen LogP contribution in [0.2, 0.25) is 0 Å². The highest BCUT2D eigenvalue weighted by atomic mass is 16.6. The molecule has 2 bridgehead atoms. The van der Waals surface area contributed by atoms with Gasteiger partial charge in [-0.2, -0.15) is 0 Å². The number of fused-ring (bicyclic) bond motifs is 1. The quantitative estimate of drug-likeness (QED) is 0.505. The molecule has 2 saturated heterocycles. The van der Waals surface area contributed by atoms with E-state index in [4.69, 9.17) is 4.74 Å². The van der Waals surface area contributed by atoms with Crippen LogP contribution in [-0.2, 0) is 14.3 Å². The number of nitro groups is 1. The molecule has 1 amide bonds. The van der Waals surface area contributed by atoms with Crippen LogP contribution in [0, 0.1) is 22.0 Å². The highest BCUT2D eigenvalue weighted by Gasteiger charge is 2.67. The lowest BCUT2D eigenvalue weighted by Crippen LogP contribution is -2.39. The summed E-state index contributed by atoms with van der Waals surface area (Å²) in [6.45, 7) is 0.213. The molecule has 0 radical (unpaired) electrons. The third kappa shape index (κ3) is 1.75. The van der Waals surface area contributed by atoms with Crippen molar-refractivity contribution in [1.29, 1.82) is 0 Å². The third-order valence-corrected chi connectivity index (χ3v) is 4.76. The van der Waals surface area contributed by atoms with Crippen LogP contribution in [0.15, 0.2) is 36.4 Å². The summed E-state index contributed by atoms with van der Waals surface area (Å²) >= 11 is 0. The van der Waals surface area contributed by atoms with Gasteiger partial charge in [-0.15, -0.1) is 0 Å². The van der Waals surface area contributed by atoms with E-state index in [0.717, 1.165) is 0 Å². The number of rotatable bonds is 3. The zero-order chi connectivity index (χ0) is 16.4. The Balaban J connectivity index is 1.69. The monoisotopic (exact) mass is 316 g/mol. The van der Waals surface area contributed by atoms with Gasteiger partial charge in [0, 0.05) is 17.8 Å². The molecule has 4 rings (SSSR count). The summed E-state index contributed by atoms with van der Waals surface area (Å²) < 4.78 is 5.78. The maximum atomic E-state index is 12.7. The Bertz CT molecular complexity index is 758. The molecule has 0 aliphatic carbocycles. The number of nitro benzene ring substituents is 1. The lowest BCUT2D eigenvalue weighted by Gasteiger charge is -2.21. The summed E-state index contributed by atoms with van der Waals surface area (Å²) in [6, 6.07) is 5.60. The molecular formula is C15H12N2O6. The molecule has 8 heteroatoms. The Kier molecular flexibility index (Phi) is 2.65. The summed E-state index contributed by atoms with van der Waals surface area (Å²) in [7, 11) is 0. The zero-order valence-corrected chi connectivity index (χ0v) is 11.8. The number of anilines is 1. The number of non-ortho nitro benzene ring substituents is 1. The average Bonchev–Trinajstić information content (AvgIpc) is 3.15. The first-order valence-corrected chi connectivity index (χ1v) is 7.09. The second-order valence-corrected chi connectivity index (χ2v) is 5.94. The maximum absolute atomic E-state index is 12.7. The summed E-state index contributed by atoms with van der Waals surface area (Å²) in [5.74, 6) is -3.02. The van der Waals surface area contributed by atoms with Crippen LogP contribution in [0.25, 0.3) is 0 Å². The van der Waals surface area contributed by atoms with Crippen LogP contribution in [0.4, 0.5) is 11.4 Å². The molecule has 8 nitrogen and oxygen atoms in total. The molecule has 3 heterocycles. The highest BCUT2D eigenvalue weighted by molar-refractivity contribution is 6.02. The van der Waals surface area contributed by atoms with Crippen molar-refractivity contribution in [3.8, 4) is 0 Å². The zero-order valence-electron chi connectivity index (χ0n) is 11.8. The molecule has 0 aromatic heterocycles. The Hall–Kier alpha value is -2.74. The number of amides is 1. The van der Waals surface area contributed by atoms with Crippen molar-refractivity contribution in [1.82, 2.24) is 0 Å². The topological polar surface area (TPSA) is 110 Å². The number of nitrogens with zero attached hydrogens (tertiary/aromatic N) is 2. The molecule has 3 aliphatic heterocycles. The van der Waals surface area contributed by atoms with E-state index in [9.17, 15) is 24.8 Å². The fraction of sp³-hybridized carbons (Fsp3) is 0.333.